The molecule has 0 spiro atoms. The first-order valence-electron chi connectivity index (χ1n) is 8.84. The lowest BCUT2D eigenvalue weighted by atomic mass is 10.1. The van der Waals surface area contributed by atoms with Crippen molar-refractivity contribution in [2.24, 2.45) is 16.0 Å². The Morgan fingerprint density at radius 2 is 1.97 bits per heavy atom. The van der Waals surface area contributed by atoms with Crippen LogP contribution in [-0.2, 0) is 14.8 Å². The summed E-state index contributed by atoms with van der Waals surface area (Å²) >= 11 is 0. The zero-order valence-corrected chi connectivity index (χ0v) is 16.7. The van der Waals surface area contributed by atoms with Crippen LogP contribution in [0.5, 0.6) is 5.88 Å². The van der Waals surface area contributed by atoms with Gasteiger partial charge in [-0.25, -0.2) is 18.4 Å². The number of aliphatic imine (C=N–C) groups is 1. The fourth-order valence-electron chi connectivity index (χ4n) is 2.64. The van der Waals surface area contributed by atoms with Gasteiger partial charge in [-0.05, 0) is 48.4 Å². The number of benzene rings is 2. The lowest BCUT2D eigenvalue weighted by molar-refractivity contribution is 0.0459. The SMILES string of the molecule is CC(C)COC(=O)c1ccc2[nH]c(O)c(C=Nc3ccc(S(N)(=O)=O)cc3)c2c1.[HH]. The molecule has 0 saturated heterocycles. The molecular weight excluding hydrogens is 394 g/mol. The van der Waals surface area contributed by atoms with Gasteiger partial charge in [0.15, 0.2) is 5.88 Å². The number of aromatic amines is 1. The molecular formula is C20H23N3O5S. The minimum atomic E-state index is -3.78. The predicted octanol–water partition coefficient (Wildman–Crippen LogP) is 3.33. The topological polar surface area (TPSA) is 135 Å². The van der Waals surface area contributed by atoms with Gasteiger partial charge in [-0.1, -0.05) is 13.8 Å². The quantitative estimate of drug-likeness (QED) is 0.418. The van der Waals surface area contributed by atoms with Crippen LogP contribution in [0.15, 0.2) is 52.4 Å². The average molecular weight is 417 g/mol. The number of sulfonamides is 1. The number of nitrogens with two attached hydrogens (primary N) is 1. The predicted molar refractivity (Wildman–Crippen MR) is 112 cm³/mol. The van der Waals surface area contributed by atoms with Gasteiger partial charge >= 0.3 is 5.97 Å². The van der Waals surface area contributed by atoms with Crippen molar-refractivity contribution in [2.75, 3.05) is 6.61 Å². The number of hydrogen-bond donors (Lipinski definition) is 3. The van der Waals surface area contributed by atoms with Crippen LogP contribution in [0.1, 0.15) is 31.2 Å². The van der Waals surface area contributed by atoms with Crippen molar-refractivity contribution < 1.29 is 24.5 Å². The van der Waals surface area contributed by atoms with Crippen molar-refractivity contribution in [1.29, 1.82) is 0 Å². The summed E-state index contributed by atoms with van der Waals surface area (Å²) in [4.78, 5) is 19.3. The van der Waals surface area contributed by atoms with Crippen molar-refractivity contribution in [1.82, 2.24) is 4.98 Å². The summed E-state index contributed by atoms with van der Waals surface area (Å²) in [6.45, 7) is 4.22. The molecule has 0 saturated carbocycles. The number of H-pyrrole nitrogens is 1. The molecule has 1 heterocycles. The third kappa shape index (κ3) is 4.82. The third-order valence-electron chi connectivity index (χ3n) is 4.11. The van der Waals surface area contributed by atoms with Crippen molar-refractivity contribution >= 4 is 38.8 Å². The maximum absolute atomic E-state index is 12.2. The van der Waals surface area contributed by atoms with E-state index in [2.05, 4.69) is 9.98 Å². The number of nitrogens with one attached hydrogen (secondary N) is 1. The van der Waals surface area contributed by atoms with Gasteiger partial charge in [0.25, 0.3) is 0 Å². The van der Waals surface area contributed by atoms with Crippen LogP contribution >= 0.6 is 0 Å². The molecule has 0 bridgehead atoms. The Morgan fingerprint density at radius 3 is 2.59 bits per heavy atom. The number of esters is 1. The number of aromatic hydroxyl groups is 1. The van der Waals surface area contributed by atoms with Crippen LogP contribution in [0.4, 0.5) is 5.69 Å². The smallest absolute Gasteiger partial charge is 0.338 e. The minimum absolute atomic E-state index is 0. The lowest BCUT2D eigenvalue weighted by Crippen LogP contribution is -2.11. The molecule has 0 radical (unpaired) electrons. The average Bonchev–Trinajstić information content (AvgIpc) is 2.98. The number of aromatic nitrogens is 1. The van der Waals surface area contributed by atoms with Gasteiger partial charge in [-0.15, -0.1) is 0 Å². The van der Waals surface area contributed by atoms with Gasteiger partial charge in [0.1, 0.15) is 0 Å². The van der Waals surface area contributed by atoms with Crippen molar-refractivity contribution in [2.45, 2.75) is 18.7 Å². The Hall–Kier alpha value is -3.17. The Balaban J connectivity index is 0.00000320. The van der Waals surface area contributed by atoms with E-state index in [1.54, 1.807) is 18.2 Å². The molecule has 2 aromatic carbocycles. The molecule has 4 N–H and O–H groups in total. The molecule has 0 unspecified atom stereocenters. The molecule has 0 atom stereocenters. The number of ether oxygens (including phenoxy) is 1. The largest absolute Gasteiger partial charge is 0.494 e. The molecule has 0 aliphatic carbocycles. The van der Waals surface area contributed by atoms with E-state index in [0.29, 0.717) is 34.3 Å². The maximum Gasteiger partial charge on any atom is 0.338 e. The van der Waals surface area contributed by atoms with E-state index >= 15 is 0 Å². The molecule has 8 nitrogen and oxygen atoms in total. The number of primary sulfonamides is 1. The molecule has 9 heteroatoms. The molecule has 0 fully saturated rings. The first-order valence-corrected chi connectivity index (χ1v) is 10.4. The lowest BCUT2D eigenvalue weighted by Gasteiger charge is -2.07. The highest BCUT2D eigenvalue weighted by Gasteiger charge is 2.14. The molecule has 0 amide bonds. The van der Waals surface area contributed by atoms with Crippen molar-refractivity contribution in [3.8, 4) is 5.88 Å². The molecule has 1 aromatic heterocycles. The summed E-state index contributed by atoms with van der Waals surface area (Å²) in [5, 5.41) is 15.9. The first kappa shape index (κ1) is 20.6. The van der Waals surface area contributed by atoms with Crippen molar-refractivity contribution in [3.05, 3.63) is 53.6 Å². The number of carbonyl (C=O) groups excluding carboxylic acids is 1. The standard InChI is InChI=1S/C20H21N3O5S.H2/c1-12(2)11-28-20(25)13-3-8-18-16(9-13)17(19(24)23-18)10-22-14-4-6-15(7-5-14)29(21,26)27;/h3-10,12,23-24H,11H2,1-2H3,(H2,21,26,27);1H. The monoisotopic (exact) mass is 417 g/mol. The van der Waals surface area contributed by atoms with E-state index < -0.39 is 16.0 Å². The molecule has 3 rings (SSSR count). The molecule has 154 valence electrons. The zero-order chi connectivity index (χ0) is 21.2. The van der Waals surface area contributed by atoms with Gasteiger partial charge in [0.05, 0.1) is 28.3 Å². The summed E-state index contributed by atoms with van der Waals surface area (Å²) in [6.07, 6.45) is 1.43. The molecule has 0 aliphatic rings. The van der Waals surface area contributed by atoms with E-state index in [9.17, 15) is 18.3 Å². The fourth-order valence-corrected chi connectivity index (χ4v) is 3.16. The van der Waals surface area contributed by atoms with E-state index in [1.165, 1.54) is 30.5 Å². The van der Waals surface area contributed by atoms with Crippen LogP contribution in [0.3, 0.4) is 0 Å². The summed E-state index contributed by atoms with van der Waals surface area (Å²) in [5.74, 6) is -0.317. The van der Waals surface area contributed by atoms with Crippen LogP contribution in [0, 0.1) is 5.92 Å². The van der Waals surface area contributed by atoms with E-state index in [4.69, 9.17) is 9.88 Å². The summed E-state index contributed by atoms with van der Waals surface area (Å²) in [7, 11) is -3.78. The Kier molecular flexibility index (Phi) is 5.71. The third-order valence-corrected chi connectivity index (χ3v) is 5.04. The molecule has 0 aliphatic heterocycles. The summed E-state index contributed by atoms with van der Waals surface area (Å²) < 4.78 is 27.9. The highest BCUT2D eigenvalue weighted by Crippen LogP contribution is 2.28. The zero-order valence-electron chi connectivity index (χ0n) is 15.9. The fraction of sp³-hybridized carbons (Fsp3) is 0.200. The highest BCUT2D eigenvalue weighted by atomic mass is 32.2. The number of fused-ring (bicyclic) bond motifs is 1. The van der Waals surface area contributed by atoms with Crippen LogP contribution in [-0.4, -0.2) is 37.3 Å². The Bertz CT molecular complexity index is 1190. The van der Waals surface area contributed by atoms with Crippen LogP contribution in [0.2, 0.25) is 0 Å². The second kappa shape index (κ2) is 8.06. The molecule has 29 heavy (non-hydrogen) atoms. The van der Waals surface area contributed by atoms with Crippen molar-refractivity contribution in [3.63, 3.8) is 0 Å². The van der Waals surface area contributed by atoms with E-state index in [-0.39, 0.29) is 18.1 Å². The number of hydrogen-bond acceptors (Lipinski definition) is 6. The van der Waals surface area contributed by atoms with Gasteiger partial charge in [-0.3, -0.25) is 4.99 Å². The summed E-state index contributed by atoms with van der Waals surface area (Å²) in [6, 6.07) is 10.6. The maximum atomic E-state index is 12.2. The van der Waals surface area contributed by atoms with Crippen LogP contribution in [0.25, 0.3) is 10.9 Å². The van der Waals surface area contributed by atoms with Crippen LogP contribution < -0.4 is 5.14 Å². The van der Waals surface area contributed by atoms with Gasteiger partial charge in [-0.2, -0.15) is 0 Å². The first-order chi connectivity index (χ1) is 13.6. The number of carbonyl (C=O) groups is 1. The number of nitrogens with zero attached hydrogens (tertiary/aromatic N) is 1. The van der Waals surface area contributed by atoms with Gasteiger partial charge in [0, 0.05) is 18.5 Å². The highest BCUT2D eigenvalue weighted by molar-refractivity contribution is 7.89. The Labute approximate surface area is 169 Å². The normalized spacial score (nSPS) is 12.1. The Morgan fingerprint density at radius 1 is 1.28 bits per heavy atom. The van der Waals surface area contributed by atoms with E-state index in [0.717, 1.165) is 0 Å². The summed E-state index contributed by atoms with van der Waals surface area (Å²) in [5.41, 5.74) is 1.87. The van der Waals surface area contributed by atoms with Gasteiger partial charge in [0.2, 0.25) is 10.0 Å². The second-order valence-corrected chi connectivity index (χ2v) is 8.50. The second-order valence-electron chi connectivity index (χ2n) is 6.94. The number of rotatable bonds is 6. The minimum Gasteiger partial charge on any atom is -0.494 e. The van der Waals surface area contributed by atoms with E-state index in [1.807, 2.05) is 13.8 Å². The van der Waals surface area contributed by atoms with Gasteiger partial charge < -0.3 is 14.8 Å². The molecule has 3 aromatic rings.